The molecule has 2 amide bonds. The van der Waals surface area contributed by atoms with Crippen LogP contribution in [0.3, 0.4) is 0 Å². The number of rotatable bonds is 3. The van der Waals surface area contributed by atoms with Crippen molar-refractivity contribution in [3.05, 3.63) is 11.6 Å². The van der Waals surface area contributed by atoms with E-state index in [1.807, 2.05) is 6.92 Å². The van der Waals surface area contributed by atoms with E-state index in [2.05, 4.69) is 27.2 Å². The number of carbonyl (C=O) groups excluding carboxylic acids is 2. The Morgan fingerprint density at radius 3 is 2.44 bits per heavy atom. The van der Waals surface area contributed by atoms with Gasteiger partial charge in [-0.3, -0.25) is 14.5 Å². The molecular formula is C14H23N2O2+. The van der Waals surface area contributed by atoms with Crippen LogP contribution >= 0.6 is 0 Å². The second-order valence-corrected chi connectivity index (χ2v) is 6.55. The van der Waals surface area contributed by atoms with Crippen molar-refractivity contribution in [3.8, 4) is 0 Å². The van der Waals surface area contributed by atoms with Crippen LogP contribution in [0.25, 0.3) is 0 Å². The molecule has 0 saturated carbocycles. The van der Waals surface area contributed by atoms with Crippen molar-refractivity contribution in [2.75, 3.05) is 34.2 Å². The molecule has 1 saturated heterocycles. The highest BCUT2D eigenvalue weighted by Gasteiger charge is 2.48. The topological polar surface area (TPSA) is 37.4 Å². The summed E-state index contributed by atoms with van der Waals surface area (Å²) >= 11 is 0. The predicted molar refractivity (Wildman–Crippen MR) is 69.6 cm³/mol. The fourth-order valence-electron chi connectivity index (χ4n) is 2.73. The molecule has 0 aromatic rings. The van der Waals surface area contributed by atoms with Gasteiger partial charge < -0.3 is 4.48 Å². The summed E-state index contributed by atoms with van der Waals surface area (Å²) in [5.74, 6) is -0.0864. The molecular weight excluding hydrogens is 228 g/mol. The molecule has 0 bridgehead atoms. The Morgan fingerprint density at radius 2 is 1.83 bits per heavy atom. The summed E-state index contributed by atoms with van der Waals surface area (Å²) in [6.07, 6.45) is 3.60. The Kier molecular flexibility index (Phi) is 3.32. The largest absolute Gasteiger partial charge is 0.329 e. The number of allylic oxidation sites excluding steroid dienone is 2. The van der Waals surface area contributed by atoms with Gasteiger partial charge in [0.1, 0.15) is 0 Å². The molecule has 1 aliphatic heterocycles. The minimum Gasteiger partial charge on any atom is -0.329 e. The van der Waals surface area contributed by atoms with Gasteiger partial charge in [0.25, 0.3) is 0 Å². The Morgan fingerprint density at radius 1 is 1.22 bits per heavy atom. The van der Waals surface area contributed by atoms with Crippen LogP contribution in [0, 0.1) is 11.8 Å². The van der Waals surface area contributed by atoms with Crippen LogP contribution in [-0.2, 0) is 9.59 Å². The van der Waals surface area contributed by atoms with E-state index in [4.69, 9.17) is 0 Å². The third kappa shape index (κ3) is 2.48. The van der Waals surface area contributed by atoms with Crippen molar-refractivity contribution in [2.24, 2.45) is 11.8 Å². The summed E-state index contributed by atoms with van der Waals surface area (Å²) in [5.41, 5.74) is 1.24. The third-order valence-corrected chi connectivity index (χ3v) is 3.91. The minimum atomic E-state index is -0.0892. The summed E-state index contributed by atoms with van der Waals surface area (Å²) < 4.78 is 0.768. The van der Waals surface area contributed by atoms with E-state index in [1.54, 1.807) is 0 Å². The molecule has 2 atom stereocenters. The molecule has 0 unspecified atom stereocenters. The van der Waals surface area contributed by atoms with Crippen LogP contribution < -0.4 is 0 Å². The molecule has 4 nitrogen and oxygen atoms in total. The second-order valence-electron chi connectivity index (χ2n) is 6.55. The number of likely N-dealkylation sites (tertiary alicyclic amines) is 1. The van der Waals surface area contributed by atoms with Gasteiger partial charge in [-0.05, 0) is 19.8 Å². The highest BCUT2D eigenvalue weighted by atomic mass is 16.2. The first kappa shape index (κ1) is 13.3. The summed E-state index contributed by atoms with van der Waals surface area (Å²) in [4.78, 5) is 26.0. The van der Waals surface area contributed by atoms with Crippen molar-refractivity contribution in [2.45, 2.75) is 19.8 Å². The fourth-order valence-corrected chi connectivity index (χ4v) is 2.73. The number of likely N-dealkylation sites (N-methyl/N-ethyl adjacent to an activating group) is 1. The van der Waals surface area contributed by atoms with Crippen LogP contribution in [0.2, 0.25) is 0 Å². The maximum atomic E-state index is 12.3. The number of amides is 2. The molecule has 1 heterocycles. The molecule has 2 rings (SSSR count). The van der Waals surface area contributed by atoms with Gasteiger partial charge in [0.2, 0.25) is 11.8 Å². The number of imide groups is 1. The Balaban J connectivity index is 2.07. The van der Waals surface area contributed by atoms with Crippen molar-refractivity contribution in [1.82, 2.24) is 4.90 Å². The van der Waals surface area contributed by atoms with Crippen molar-refractivity contribution < 1.29 is 14.1 Å². The fraction of sp³-hybridized carbons (Fsp3) is 0.714. The van der Waals surface area contributed by atoms with Crippen LogP contribution in [-0.4, -0.2) is 55.4 Å². The summed E-state index contributed by atoms with van der Waals surface area (Å²) in [6, 6.07) is 0. The van der Waals surface area contributed by atoms with E-state index < -0.39 is 0 Å². The lowest BCUT2D eigenvalue weighted by molar-refractivity contribution is -0.869. The van der Waals surface area contributed by atoms with Crippen LogP contribution in [0.1, 0.15) is 19.8 Å². The zero-order valence-electron chi connectivity index (χ0n) is 11.8. The molecule has 0 aromatic carbocycles. The van der Waals surface area contributed by atoms with Gasteiger partial charge in [-0.2, -0.15) is 0 Å². The highest BCUT2D eigenvalue weighted by molar-refractivity contribution is 6.05. The second kappa shape index (κ2) is 4.50. The standard InChI is InChI=1S/C14H23N2O2/c1-10-5-6-11-12(9-10)14(18)15(13(11)17)7-8-16(2,3)4/h5,11-12H,6-9H2,1-4H3/q+1/t11-,12+/m0/s1. The van der Waals surface area contributed by atoms with E-state index in [9.17, 15) is 9.59 Å². The Labute approximate surface area is 109 Å². The predicted octanol–water partition coefficient (Wildman–Crippen LogP) is 1.03. The summed E-state index contributed by atoms with van der Waals surface area (Å²) in [6.45, 7) is 3.40. The van der Waals surface area contributed by atoms with Crippen LogP contribution in [0.5, 0.6) is 0 Å². The van der Waals surface area contributed by atoms with Crippen molar-refractivity contribution in [3.63, 3.8) is 0 Å². The summed E-state index contributed by atoms with van der Waals surface area (Å²) in [5, 5.41) is 0. The molecule has 2 aliphatic rings. The molecule has 1 fully saturated rings. The molecule has 1 aliphatic carbocycles. The minimum absolute atomic E-state index is 0.0437. The summed E-state index contributed by atoms with van der Waals surface area (Å²) in [7, 11) is 6.22. The van der Waals surface area contributed by atoms with Gasteiger partial charge in [-0.15, -0.1) is 0 Å². The maximum absolute atomic E-state index is 12.3. The molecule has 0 radical (unpaired) electrons. The lowest BCUT2D eigenvalue weighted by Crippen LogP contribution is -2.44. The molecule has 4 heteroatoms. The van der Waals surface area contributed by atoms with Crippen LogP contribution in [0.15, 0.2) is 11.6 Å². The average molecular weight is 251 g/mol. The maximum Gasteiger partial charge on any atom is 0.233 e. The lowest BCUT2D eigenvalue weighted by Gasteiger charge is -2.26. The molecule has 0 N–H and O–H groups in total. The van der Waals surface area contributed by atoms with E-state index in [0.717, 1.165) is 23.9 Å². The first-order valence-corrected chi connectivity index (χ1v) is 6.61. The number of nitrogens with zero attached hydrogens (tertiary/aromatic N) is 2. The smallest absolute Gasteiger partial charge is 0.233 e. The third-order valence-electron chi connectivity index (χ3n) is 3.91. The monoisotopic (exact) mass is 251 g/mol. The first-order valence-electron chi connectivity index (χ1n) is 6.61. The zero-order chi connectivity index (χ0) is 13.5. The molecule has 0 aromatic heterocycles. The zero-order valence-corrected chi connectivity index (χ0v) is 11.8. The van der Waals surface area contributed by atoms with E-state index in [-0.39, 0.29) is 23.7 Å². The molecule has 100 valence electrons. The number of carbonyl (C=O) groups is 2. The number of quaternary nitrogens is 1. The van der Waals surface area contributed by atoms with Crippen molar-refractivity contribution in [1.29, 1.82) is 0 Å². The lowest BCUT2D eigenvalue weighted by atomic mass is 9.82. The van der Waals surface area contributed by atoms with Gasteiger partial charge >= 0.3 is 0 Å². The van der Waals surface area contributed by atoms with Gasteiger partial charge in [-0.1, -0.05) is 11.6 Å². The Bertz CT molecular complexity index is 407. The van der Waals surface area contributed by atoms with E-state index in [0.29, 0.717) is 6.54 Å². The SMILES string of the molecule is CC1=CC[C@@H]2C(=O)N(CC[N+](C)(C)C)C(=O)[C@@H]2C1. The molecule has 0 spiro atoms. The van der Waals surface area contributed by atoms with Gasteiger partial charge in [0.15, 0.2) is 0 Å². The van der Waals surface area contributed by atoms with Gasteiger partial charge in [0.05, 0.1) is 46.1 Å². The number of hydrogen-bond donors (Lipinski definition) is 0. The van der Waals surface area contributed by atoms with Crippen molar-refractivity contribution >= 4 is 11.8 Å². The molecule has 18 heavy (non-hydrogen) atoms. The van der Waals surface area contributed by atoms with Crippen LogP contribution in [0.4, 0.5) is 0 Å². The Hall–Kier alpha value is -1.16. The number of hydrogen-bond acceptors (Lipinski definition) is 2. The van der Waals surface area contributed by atoms with Gasteiger partial charge in [0, 0.05) is 0 Å². The number of fused-ring (bicyclic) bond motifs is 1. The first-order chi connectivity index (χ1) is 8.29. The quantitative estimate of drug-likeness (QED) is 0.427. The average Bonchev–Trinajstić information content (AvgIpc) is 2.48. The van der Waals surface area contributed by atoms with Gasteiger partial charge in [-0.25, -0.2) is 0 Å². The highest BCUT2D eigenvalue weighted by Crippen LogP contribution is 2.37. The van der Waals surface area contributed by atoms with E-state index in [1.165, 1.54) is 10.5 Å². The normalized spacial score (nSPS) is 28.4. The van der Waals surface area contributed by atoms with E-state index >= 15 is 0 Å².